The van der Waals surface area contributed by atoms with E-state index in [0.717, 1.165) is 17.7 Å². The molecule has 0 aliphatic carbocycles. The van der Waals surface area contributed by atoms with Crippen LogP contribution in [0.15, 0.2) is 91.0 Å². The van der Waals surface area contributed by atoms with Gasteiger partial charge in [-0.1, -0.05) is 86.5 Å². The van der Waals surface area contributed by atoms with Crippen molar-refractivity contribution in [3.63, 3.8) is 0 Å². The van der Waals surface area contributed by atoms with Crippen molar-refractivity contribution >= 4 is 0 Å². The van der Waals surface area contributed by atoms with Gasteiger partial charge in [-0.2, -0.15) is 0 Å². The highest BCUT2D eigenvalue weighted by Gasteiger charge is 2.20. The van der Waals surface area contributed by atoms with Crippen LogP contribution in [0.5, 0.6) is 5.75 Å². The largest absolute Gasteiger partial charge is 0.496 e. The highest BCUT2D eigenvalue weighted by molar-refractivity contribution is 5.80. The molecule has 2 heteroatoms. The van der Waals surface area contributed by atoms with Crippen LogP contribution in [0.25, 0.3) is 28.1 Å². The van der Waals surface area contributed by atoms with Gasteiger partial charge >= 0.3 is 0 Å². The average molecular weight is 396 g/mol. The first kappa shape index (κ1) is 20.0. The fourth-order valence-corrected chi connectivity index (χ4v) is 4.13. The summed E-state index contributed by atoms with van der Waals surface area (Å²) in [7, 11) is 1.75. The van der Waals surface area contributed by atoms with Crippen LogP contribution in [0.1, 0.15) is 31.9 Å². The van der Waals surface area contributed by atoms with E-state index in [4.69, 9.17) is 4.74 Å². The standard InChI is InChI=1S/C28H29NO/c1-3-4-7-19-26-25(24-18-12-13-20-28(24)30-2)21-27(22-14-8-5-9-15-22)29(26)23-16-10-6-11-17-23/h5-6,8-18,20-21H,3-4,7,19H2,1-2H3. The van der Waals surface area contributed by atoms with Gasteiger partial charge in [0.25, 0.3) is 0 Å². The molecule has 0 saturated carbocycles. The smallest absolute Gasteiger partial charge is 0.126 e. The average Bonchev–Trinajstić information content (AvgIpc) is 3.19. The number of ether oxygens (including phenoxy) is 1. The fraction of sp³-hybridized carbons (Fsp3) is 0.214. The van der Waals surface area contributed by atoms with Crippen molar-refractivity contribution in [2.45, 2.75) is 32.6 Å². The molecule has 0 spiro atoms. The monoisotopic (exact) mass is 395 g/mol. The third-order valence-corrected chi connectivity index (χ3v) is 5.60. The Bertz CT molecular complexity index is 1080. The van der Waals surface area contributed by atoms with Crippen LogP contribution in [0.2, 0.25) is 0 Å². The molecule has 0 aliphatic heterocycles. The van der Waals surface area contributed by atoms with Crippen molar-refractivity contribution in [3.05, 3.63) is 96.7 Å². The Balaban J connectivity index is 1.99. The Kier molecular flexibility index (Phi) is 6.34. The summed E-state index contributed by atoms with van der Waals surface area (Å²) < 4.78 is 8.17. The SMILES string of the molecule is CCCCCc1c(-c2ccccc2OC)cc(-c2ccccc2)n1-c1ccccc1. The minimum atomic E-state index is 0.916. The van der Waals surface area contributed by atoms with E-state index in [9.17, 15) is 0 Å². The van der Waals surface area contributed by atoms with E-state index >= 15 is 0 Å². The van der Waals surface area contributed by atoms with Gasteiger partial charge in [-0.05, 0) is 42.7 Å². The maximum Gasteiger partial charge on any atom is 0.126 e. The van der Waals surface area contributed by atoms with Crippen molar-refractivity contribution in [2.24, 2.45) is 0 Å². The van der Waals surface area contributed by atoms with Crippen LogP contribution < -0.4 is 4.74 Å². The van der Waals surface area contributed by atoms with Gasteiger partial charge in [0, 0.05) is 22.5 Å². The maximum absolute atomic E-state index is 5.73. The van der Waals surface area contributed by atoms with Crippen LogP contribution in [0.3, 0.4) is 0 Å². The number of methoxy groups -OCH3 is 1. The second-order valence-corrected chi connectivity index (χ2v) is 7.58. The van der Waals surface area contributed by atoms with Crippen LogP contribution in [0, 0.1) is 0 Å². The molecule has 0 radical (unpaired) electrons. The molecule has 0 N–H and O–H groups in total. The summed E-state index contributed by atoms with van der Waals surface area (Å²) in [5.41, 5.74) is 7.39. The van der Waals surface area contributed by atoms with E-state index in [2.05, 4.69) is 90.4 Å². The van der Waals surface area contributed by atoms with Gasteiger partial charge in [0.2, 0.25) is 0 Å². The number of para-hydroxylation sites is 2. The second-order valence-electron chi connectivity index (χ2n) is 7.58. The molecule has 2 nitrogen and oxygen atoms in total. The van der Waals surface area contributed by atoms with E-state index < -0.39 is 0 Å². The lowest BCUT2D eigenvalue weighted by molar-refractivity contribution is 0.416. The zero-order valence-electron chi connectivity index (χ0n) is 17.8. The van der Waals surface area contributed by atoms with Gasteiger partial charge in [0.05, 0.1) is 12.8 Å². The predicted octanol–water partition coefficient (Wildman–Crippen LogP) is 7.55. The minimum Gasteiger partial charge on any atom is -0.496 e. The zero-order valence-corrected chi connectivity index (χ0v) is 17.8. The van der Waals surface area contributed by atoms with Gasteiger partial charge in [-0.15, -0.1) is 0 Å². The fourth-order valence-electron chi connectivity index (χ4n) is 4.13. The summed E-state index contributed by atoms with van der Waals surface area (Å²) in [5, 5.41) is 0. The van der Waals surface area contributed by atoms with Crippen LogP contribution in [-0.4, -0.2) is 11.7 Å². The quantitative estimate of drug-likeness (QED) is 0.281. The molecule has 0 fully saturated rings. The summed E-state index contributed by atoms with van der Waals surface area (Å²) >= 11 is 0. The summed E-state index contributed by atoms with van der Waals surface area (Å²) in [6.07, 6.45) is 4.64. The molecule has 30 heavy (non-hydrogen) atoms. The molecule has 3 aromatic carbocycles. The van der Waals surface area contributed by atoms with E-state index in [1.807, 2.05) is 12.1 Å². The highest BCUT2D eigenvalue weighted by atomic mass is 16.5. The molecule has 4 rings (SSSR count). The normalized spacial score (nSPS) is 10.9. The lowest BCUT2D eigenvalue weighted by Crippen LogP contribution is -2.03. The molecule has 0 saturated heterocycles. The number of aromatic nitrogens is 1. The Morgan fingerprint density at radius 3 is 2.10 bits per heavy atom. The van der Waals surface area contributed by atoms with Crippen molar-refractivity contribution in [1.82, 2.24) is 4.57 Å². The molecule has 0 amide bonds. The third-order valence-electron chi connectivity index (χ3n) is 5.60. The van der Waals surface area contributed by atoms with E-state index in [1.165, 1.54) is 47.5 Å². The van der Waals surface area contributed by atoms with E-state index in [1.54, 1.807) is 7.11 Å². The lowest BCUT2D eigenvalue weighted by atomic mass is 10.0. The molecule has 0 bridgehead atoms. The number of hydrogen-bond acceptors (Lipinski definition) is 1. The molecule has 152 valence electrons. The van der Waals surface area contributed by atoms with Crippen molar-refractivity contribution in [1.29, 1.82) is 0 Å². The van der Waals surface area contributed by atoms with Gasteiger partial charge in [0.15, 0.2) is 0 Å². The molecule has 0 atom stereocenters. The summed E-state index contributed by atoms with van der Waals surface area (Å²) in [6, 6.07) is 32.0. The van der Waals surface area contributed by atoms with Crippen LogP contribution in [0.4, 0.5) is 0 Å². The topological polar surface area (TPSA) is 14.2 Å². The van der Waals surface area contributed by atoms with Crippen molar-refractivity contribution in [3.8, 4) is 33.8 Å². The molecule has 1 heterocycles. The minimum absolute atomic E-state index is 0.916. The first-order valence-corrected chi connectivity index (χ1v) is 10.8. The molecule has 0 aliphatic rings. The Labute approximate surface area is 179 Å². The van der Waals surface area contributed by atoms with Crippen molar-refractivity contribution in [2.75, 3.05) is 7.11 Å². The Morgan fingerprint density at radius 2 is 1.40 bits per heavy atom. The third kappa shape index (κ3) is 4.04. The van der Waals surface area contributed by atoms with Gasteiger partial charge in [-0.3, -0.25) is 0 Å². The summed E-state index contributed by atoms with van der Waals surface area (Å²) in [6.45, 7) is 2.26. The second kappa shape index (κ2) is 9.49. The number of nitrogens with zero attached hydrogens (tertiary/aromatic N) is 1. The highest BCUT2D eigenvalue weighted by Crippen LogP contribution is 2.39. The van der Waals surface area contributed by atoms with Gasteiger partial charge in [-0.25, -0.2) is 0 Å². The van der Waals surface area contributed by atoms with Gasteiger partial charge < -0.3 is 9.30 Å². The van der Waals surface area contributed by atoms with E-state index in [-0.39, 0.29) is 0 Å². The Morgan fingerprint density at radius 1 is 0.733 bits per heavy atom. The molecule has 4 aromatic rings. The summed E-state index contributed by atoms with van der Waals surface area (Å²) in [5.74, 6) is 0.916. The number of rotatable bonds is 8. The molecule has 1 aromatic heterocycles. The molecular weight excluding hydrogens is 366 g/mol. The molecular formula is C28H29NO. The Hall–Kier alpha value is -3.26. The lowest BCUT2D eigenvalue weighted by Gasteiger charge is -2.16. The number of unbranched alkanes of at least 4 members (excludes halogenated alkanes) is 2. The predicted molar refractivity (Wildman–Crippen MR) is 126 cm³/mol. The zero-order chi connectivity index (χ0) is 20.8. The van der Waals surface area contributed by atoms with Crippen LogP contribution in [-0.2, 0) is 6.42 Å². The van der Waals surface area contributed by atoms with Gasteiger partial charge in [0.1, 0.15) is 5.75 Å². The molecule has 0 unspecified atom stereocenters. The number of benzene rings is 3. The van der Waals surface area contributed by atoms with E-state index in [0.29, 0.717) is 0 Å². The summed E-state index contributed by atoms with van der Waals surface area (Å²) in [4.78, 5) is 0. The first-order chi connectivity index (χ1) is 14.8. The first-order valence-electron chi connectivity index (χ1n) is 10.8. The maximum atomic E-state index is 5.73. The van der Waals surface area contributed by atoms with Crippen LogP contribution >= 0.6 is 0 Å². The number of hydrogen-bond donors (Lipinski definition) is 0. The van der Waals surface area contributed by atoms with Crippen molar-refractivity contribution < 1.29 is 4.74 Å².